The molecule has 0 unspecified atom stereocenters. The highest BCUT2D eigenvalue weighted by atomic mass is 16.5. The van der Waals surface area contributed by atoms with Gasteiger partial charge in [0.25, 0.3) is 0 Å². The Kier molecular flexibility index (Phi) is 7.41. The Hall–Kier alpha value is -2.82. The van der Waals surface area contributed by atoms with Crippen molar-refractivity contribution in [2.45, 2.75) is 39.7 Å². The van der Waals surface area contributed by atoms with Crippen molar-refractivity contribution in [3.63, 3.8) is 0 Å². The van der Waals surface area contributed by atoms with Crippen molar-refractivity contribution in [1.82, 2.24) is 5.32 Å². The van der Waals surface area contributed by atoms with Gasteiger partial charge in [0.05, 0.1) is 7.11 Å². The second-order valence-corrected chi connectivity index (χ2v) is 6.79. The molecule has 0 aliphatic rings. The Labute approximate surface area is 161 Å². The van der Waals surface area contributed by atoms with Crippen molar-refractivity contribution in [3.8, 4) is 5.75 Å². The number of benzene rings is 2. The molecule has 0 saturated carbocycles. The largest absolute Gasteiger partial charge is 0.497 e. The molecule has 144 valence electrons. The van der Waals surface area contributed by atoms with E-state index >= 15 is 0 Å². The molecule has 5 nitrogen and oxygen atoms in total. The summed E-state index contributed by atoms with van der Waals surface area (Å²) in [7, 11) is 1.62. The third-order valence-corrected chi connectivity index (χ3v) is 4.46. The molecule has 0 fully saturated rings. The zero-order valence-corrected chi connectivity index (χ0v) is 16.5. The summed E-state index contributed by atoms with van der Waals surface area (Å²) in [5.41, 5.74) is 3.03. The van der Waals surface area contributed by atoms with Crippen molar-refractivity contribution in [2.24, 2.45) is 0 Å². The fraction of sp³-hybridized carbons (Fsp3) is 0.364. The molecule has 0 heterocycles. The lowest BCUT2D eigenvalue weighted by Crippen LogP contribution is -2.33. The van der Waals surface area contributed by atoms with Crippen molar-refractivity contribution in [2.75, 3.05) is 18.6 Å². The first-order chi connectivity index (χ1) is 12.9. The van der Waals surface area contributed by atoms with Gasteiger partial charge in [0.15, 0.2) is 0 Å². The summed E-state index contributed by atoms with van der Waals surface area (Å²) in [4.78, 5) is 25.8. The minimum Gasteiger partial charge on any atom is -0.497 e. The van der Waals surface area contributed by atoms with Crippen LogP contribution in [0.25, 0.3) is 0 Å². The minimum absolute atomic E-state index is 0.0738. The molecule has 2 rings (SSSR count). The zero-order valence-electron chi connectivity index (χ0n) is 16.5. The first-order valence-electron chi connectivity index (χ1n) is 9.18. The van der Waals surface area contributed by atoms with E-state index in [2.05, 4.69) is 19.2 Å². The molecule has 2 aromatic carbocycles. The normalized spacial score (nSPS) is 10.6. The van der Waals surface area contributed by atoms with Crippen LogP contribution in [0.2, 0.25) is 0 Å². The topological polar surface area (TPSA) is 58.6 Å². The summed E-state index contributed by atoms with van der Waals surface area (Å²) in [5.74, 6) is 1.06. The number of methoxy groups -OCH3 is 1. The molecule has 5 heteroatoms. The summed E-state index contributed by atoms with van der Waals surface area (Å²) in [6.45, 7) is 6.58. The first-order valence-corrected chi connectivity index (χ1v) is 9.18. The smallest absolute Gasteiger partial charge is 0.223 e. The van der Waals surface area contributed by atoms with E-state index in [9.17, 15) is 9.59 Å². The van der Waals surface area contributed by atoms with E-state index in [4.69, 9.17) is 4.74 Å². The van der Waals surface area contributed by atoms with Gasteiger partial charge in [-0.05, 0) is 41.3 Å². The van der Waals surface area contributed by atoms with Crippen LogP contribution in [-0.2, 0) is 16.1 Å². The molecule has 0 bridgehead atoms. The predicted octanol–water partition coefficient (Wildman–Crippen LogP) is 3.88. The first kappa shape index (κ1) is 20.5. The molecule has 0 aromatic heterocycles. The molecular formula is C22H28N2O3. The highest BCUT2D eigenvalue weighted by Crippen LogP contribution is 2.20. The Morgan fingerprint density at radius 2 is 1.67 bits per heavy atom. The quantitative estimate of drug-likeness (QED) is 0.769. The Morgan fingerprint density at radius 3 is 2.19 bits per heavy atom. The molecular weight excluding hydrogens is 340 g/mol. The number of hydrogen-bond donors (Lipinski definition) is 1. The van der Waals surface area contributed by atoms with Crippen LogP contribution in [0.4, 0.5) is 5.69 Å². The van der Waals surface area contributed by atoms with E-state index in [0.29, 0.717) is 19.0 Å². The van der Waals surface area contributed by atoms with E-state index in [-0.39, 0.29) is 18.2 Å². The van der Waals surface area contributed by atoms with Crippen LogP contribution in [0, 0.1) is 0 Å². The van der Waals surface area contributed by atoms with Crippen molar-refractivity contribution in [1.29, 1.82) is 0 Å². The number of amides is 2. The number of ether oxygens (including phenoxy) is 1. The van der Waals surface area contributed by atoms with Crippen LogP contribution < -0.4 is 15.0 Å². The number of rotatable bonds is 8. The molecule has 0 saturated heterocycles. The van der Waals surface area contributed by atoms with Gasteiger partial charge in [0.1, 0.15) is 5.75 Å². The molecule has 0 aliphatic heterocycles. The summed E-state index contributed by atoms with van der Waals surface area (Å²) >= 11 is 0. The van der Waals surface area contributed by atoms with Gasteiger partial charge in [0.2, 0.25) is 11.8 Å². The van der Waals surface area contributed by atoms with E-state index in [1.54, 1.807) is 12.0 Å². The van der Waals surface area contributed by atoms with Crippen LogP contribution in [0.1, 0.15) is 44.2 Å². The number of nitrogens with one attached hydrogen (secondary N) is 1. The van der Waals surface area contributed by atoms with Crippen LogP contribution in [-0.4, -0.2) is 25.5 Å². The highest BCUT2D eigenvalue weighted by molar-refractivity contribution is 5.92. The van der Waals surface area contributed by atoms with E-state index in [1.165, 1.54) is 12.5 Å². The van der Waals surface area contributed by atoms with Gasteiger partial charge >= 0.3 is 0 Å². The molecule has 0 aliphatic carbocycles. The van der Waals surface area contributed by atoms with Crippen molar-refractivity contribution in [3.05, 3.63) is 59.7 Å². The number of nitrogens with zero attached hydrogens (tertiary/aromatic N) is 1. The maximum absolute atomic E-state index is 12.2. The Morgan fingerprint density at radius 1 is 1.04 bits per heavy atom. The standard InChI is InChI=1S/C22H28N2O3/c1-16(2)19-7-9-20(10-8-19)24(17(3)25)14-13-22(26)23-15-18-5-11-21(27-4)12-6-18/h5-12,16H,13-15H2,1-4H3,(H,23,26). The monoisotopic (exact) mass is 368 g/mol. The summed E-state index contributed by atoms with van der Waals surface area (Å²) in [6.07, 6.45) is 0.252. The Bertz CT molecular complexity index is 752. The average Bonchev–Trinajstić information content (AvgIpc) is 2.67. The zero-order chi connectivity index (χ0) is 19.8. The summed E-state index contributed by atoms with van der Waals surface area (Å²) < 4.78 is 5.12. The number of hydrogen-bond acceptors (Lipinski definition) is 3. The van der Waals surface area contributed by atoms with Gasteiger partial charge in [0, 0.05) is 32.1 Å². The van der Waals surface area contributed by atoms with Gasteiger partial charge in [-0.15, -0.1) is 0 Å². The maximum atomic E-state index is 12.2. The van der Waals surface area contributed by atoms with E-state index in [0.717, 1.165) is 17.0 Å². The highest BCUT2D eigenvalue weighted by Gasteiger charge is 2.14. The third kappa shape index (κ3) is 6.13. The van der Waals surface area contributed by atoms with Crippen LogP contribution in [0.15, 0.2) is 48.5 Å². The van der Waals surface area contributed by atoms with Gasteiger partial charge in [-0.25, -0.2) is 0 Å². The number of carbonyl (C=O) groups excluding carboxylic acids is 2. The van der Waals surface area contributed by atoms with Crippen molar-refractivity contribution < 1.29 is 14.3 Å². The maximum Gasteiger partial charge on any atom is 0.223 e. The summed E-state index contributed by atoms with van der Waals surface area (Å²) in [6, 6.07) is 15.5. The summed E-state index contributed by atoms with van der Waals surface area (Å²) in [5, 5.41) is 2.89. The molecule has 1 N–H and O–H groups in total. The molecule has 2 amide bonds. The third-order valence-electron chi connectivity index (χ3n) is 4.46. The molecule has 0 atom stereocenters. The predicted molar refractivity (Wildman–Crippen MR) is 108 cm³/mol. The van der Waals surface area contributed by atoms with E-state index < -0.39 is 0 Å². The molecule has 27 heavy (non-hydrogen) atoms. The fourth-order valence-electron chi connectivity index (χ4n) is 2.75. The van der Waals surface area contributed by atoms with Gasteiger partial charge in [-0.3, -0.25) is 9.59 Å². The van der Waals surface area contributed by atoms with Crippen LogP contribution in [0.5, 0.6) is 5.75 Å². The van der Waals surface area contributed by atoms with Crippen LogP contribution in [0.3, 0.4) is 0 Å². The van der Waals surface area contributed by atoms with Gasteiger partial charge in [-0.2, -0.15) is 0 Å². The molecule has 2 aromatic rings. The van der Waals surface area contributed by atoms with Gasteiger partial charge in [-0.1, -0.05) is 38.1 Å². The lowest BCUT2D eigenvalue weighted by Gasteiger charge is -2.21. The van der Waals surface area contributed by atoms with Crippen LogP contribution >= 0.6 is 0 Å². The van der Waals surface area contributed by atoms with E-state index in [1.807, 2.05) is 48.5 Å². The minimum atomic E-state index is -0.0872. The average molecular weight is 368 g/mol. The second-order valence-electron chi connectivity index (χ2n) is 6.79. The van der Waals surface area contributed by atoms with Gasteiger partial charge < -0.3 is 15.0 Å². The lowest BCUT2D eigenvalue weighted by atomic mass is 10.0. The fourth-order valence-corrected chi connectivity index (χ4v) is 2.75. The number of anilines is 1. The number of carbonyl (C=O) groups is 2. The van der Waals surface area contributed by atoms with Crippen molar-refractivity contribution >= 4 is 17.5 Å². The Balaban J connectivity index is 1.88. The second kappa shape index (κ2) is 9.76. The molecule has 0 spiro atoms. The molecule has 0 radical (unpaired) electrons. The SMILES string of the molecule is COc1ccc(CNC(=O)CCN(C(C)=O)c2ccc(C(C)C)cc2)cc1. The lowest BCUT2D eigenvalue weighted by molar-refractivity contribution is -0.121.